The fourth-order valence-electron chi connectivity index (χ4n) is 4.34. The van der Waals surface area contributed by atoms with E-state index in [4.69, 9.17) is 0 Å². The van der Waals surface area contributed by atoms with Crippen LogP contribution in [-0.4, -0.2) is 44.2 Å². The maximum Gasteiger partial charge on any atom is 0.259 e. The zero-order valence-electron chi connectivity index (χ0n) is 18.8. The van der Waals surface area contributed by atoms with Crippen LogP contribution in [0.5, 0.6) is 0 Å². The predicted octanol–water partition coefficient (Wildman–Crippen LogP) is 4.43. The number of carbonyl (C=O) groups is 2. The fourth-order valence-corrected chi connectivity index (χ4v) is 4.34. The molecular weight excluding hydrogens is 452 g/mol. The number of amides is 2. The zero-order valence-corrected chi connectivity index (χ0v) is 18.8. The fraction of sp³-hybridized carbons (Fsp3) is 0.192. The topological polar surface area (TPSA) is 72.2 Å². The van der Waals surface area contributed by atoms with Crippen molar-refractivity contribution in [3.8, 4) is 11.5 Å². The third-order valence-corrected chi connectivity index (χ3v) is 6.07. The molecule has 0 bridgehead atoms. The number of halogens is 2. The van der Waals surface area contributed by atoms with Gasteiger partial charge >= 0.3 is 0 Å². The highest BCUT2D eigenvalue weighted by atomic mass is 19.1. The molecule has 0 saturated carbocycles. The van der Waals surface area contributed by atoms with Crippen LogP contribution in [0.2, 0.25) is 0 Å². The Balaban J connectivity index is 1.40. The lowest BCUT2D eigenvalue weighted by molar-refractivity contribution is -0.121. The number of rotatable bonds is 5. The second-order valence-electron chi connectivity index (χ2n) is 8.45. The highest BCUT2D eigenvalue weighted by molar-refractivity contribution is 5.98. The Labute approximate surface area is 200 Å². The van der Waals surface area contributed by atoms with E-state index in [0.29, 0.717) is 42.1 Å². The van der Waals surface area contributed by atoms with Gasteiger partial charge in [-0.05, 0) is 67.4 Å². The molecule has 2 aromatic heterocycles. The summed E-state index contributed by atoms with van der Waals surface area (Å²) >= 11 is 0. The molecule has 1 saturated heterocycles. The molecule has 2 aromatic carbocycles. The molecule has 35 heavy (non-hydrogen) atoms. The Morgan fingerprint density at radius 3 is 2.49 bits per heavy atom. The summed E-state index contributed by atoms with van der Waals surface area (Å²) in [6, 6.07) is 15.3. The van der Waals surface area contributed by atoms with Gasteiger partial charge < -0.3 is 14.8 Å². The van der Waals surface area contributed by atoms with Gasteiger partial charge in [-0.15, -0.1) is 0 Å². The molecule has 1 atom stereocenters. The molecule has 1 aliphatic rings. The van der Waals surface area contributed by atoms with E-state index >= 15 is 0 Å². The quantitative estimate of drug-likeness (QED) is 0.464. The van der Waals surface area contributed by atoms with E-state index in [1.807, 2.05) is 12.1 Å². The zero-order chi connectivity index (χ0) is 24.4. The van der Waals surface area contributed by atoms with Gasteiger partial charge in [-0.25, -0.2) is 13.5 Å². The first-order valence-electron chi connectivity index (χ1n) is 11.3. The summed E-state index contributed by atoms with van der Waals surface area (Å²) < 4.78 is 30.3. The van der Waals surface area contributed by atoms with Crippen LogP contribution in [-0.2, 0) is 4.79 Å². The number of hydrogen-bond acceptors (Lipinski definition) is 3. The molecule has 1 unspecified atom stereocenters. The Hall–Kier alpha value is -4.27. The number of aromatic nitrogens is 3. The molecule has 5 rings (SSSR count). The van der Waals surface area contributed by atoms with Crippen molar-refractivity contribution in [2.24, 2.45) is 5.92 Å². The minimum Gasteiger partial charge on any atom is -0.338 e. The number of nitrogens with one attached hydrogen (secondary N) is 1. The molecule has 178 valence electrons. The van der Waals surface area contributed by atoms with Gasteiger partial charge in [-0.3, -0.25) is 9.59 Å². The van der Waals surface area contributed by atoms with Crippen LogP contribution in [0.15, 0.2) is 79.3 Å². The van der Waals surface area contributed by atoms with Crippen molar-refractivity contribution in [1.82, 2.24) is 19.2 Å². The number of piperidine rings is 1. The third-order valence-electron chi connectivity index (χ3n) is 6.07. The summed E-state index contributed by atoms with van der Waals surface area (Å²) in [6.07, 6.45) is 6.40. The molecule has 1 N–H and O–H groups in total. The average molecular weight is 475 g/mol. The lowest BCUT2D eigenvalue weighted by Crippen LogP contribution is -2.44. The molecular formula is C26H23F2N5O2. The standard InChI is InChI=1S/C26H23F2N5O2/c27-19-8-10-22(11-9-19)33-25(31-12-1-2-13-31)23(16-29-33)26(35)32-14-4-5-18(17-32)24(34)30-21-7-3-6-20(28)15-21/h1-3,6-13,15-16,18H,4-5,14,17H2,(H,30,34). The van der Waals surface area contributed by atoms with E-state index in [1.54, 1.807) is 44.7 Å². The van der Waals surface area contributed by atoms with Crippen LogP contribution in [0.4, 0.5) is 14.5 Å². The first kappa shape index (κ1) is 22.5. The molecule has 4 aromatic rings. The van der Waals surface area contributed by atoms with Crippen LogP contribution >= 0.6 is 0 Å². The molecule has 9 heteroatoms. The normalized spacial score (nSPS) is 15.7. The first-order valence-corrected chi connectivity index (χ1v) is 11.3. The van der Waals surface area contributed by atoms with Crippen molar-refractivity contribution in [2.45, 2.75) is 12.8 Å². The Bertz CT molecular complexity index is 1350. The van der Waals surface area contributed by atoms with Gasteiger partial charge in [-0.2, -0.15) is 5.10 Å². The molecule has 1 fully saturated rings. The van der Waals surface area contributed by atoms with Gasteiger partial charge in [0.15, 0.2) is 5.82 Å². The monoisotopic (exact) mass is 475 g/mol. The SMILES string of the molecule is O=C(Nc1cccc(F)c1)C1CCCN(C(=O)c2cnn(-c3ccc(F)cc3)c2-n2cccc2)C1. The number of benzene rings is 2. The number of likely N-dealkylation sites (tertiary alicyclic amines) is 1. The Morgan fingerprint density at radius 2 is 1.74 bits per heavy atom. The lowest BCUT2D eigenvalue weighted by Gasteiger charge is -2.32. The summed E-state index contributed by atoms with van der Waals surface area (Å²) in [5, 5.41) is 7.16. The van der Waals surface area contributed by atoms with Crippen molar-refractivity contribution < 1.29 is 18.4 Å². The van der Waals surface area contributed by atoms with Crippen molar-refractivity contribution in [3.05, 3.63) is 96.5 Å². The highest BCUT2D eigenvalue weighted by Gasteiger charge is 2.31. The first-order chi connectivity index (χ1) is 17.0. The largest absolute Gasteiger partial charge is 0.338 e. The van der Waals surface area contributed by atoms with Gasteiger partial charge in [0.2, 0.25) is 5.91 Å². The highest BCUT2D eigenvalue weighted by Crippen LogP contribution is 2.25. The molecule has 7 nitrogen and oxygen atoms in total. The van der Waals surface area contributed by atoms with Crippen molar-refractivity contribution >= 4 is 17.5 Å². The Kier molecular flexibility index (Phi) is 6.13. The van der Waals surface area contributed by atoms with E-state index in [1.165, 1.54) is 36.5 Å². The molecule has 0 spiro atoms. The van der Waals surface area contributed by atoms with Gasteiger partial charge in [0.1, 0.15) is 17.2 Å². The van der Waals surface area contributed by atoms with Crippen molar-refractivity contribution in [2.75, 3.05) is 18.4 Å². The lowest BCUT2D eigenvalue weighted by atomic mass is 9.96. The minimum absolute atomic E-state index is 0.243. The molecule has 0 radical (unpaired) electrons. The van der Waals surface area contributed by atoms with Gasteiger partial charge in [0.25, 0.3) is 5.91 Å². The Morgan fingerprint density at radius 1 is 0.971 bits per heavy atom. The molecule has 2 amide bonds. The number of hydrogen-bond donors (Lipinski definition) is 1. The maximum absolute atomic E-state index is 13.6. The molecule has 0 aliphatic carbocycles. The minimum atomic E-state index is -0.432. The smallest absolute Gasteiger partial charge is 0.259 e. The average Bonchev–Trinajstić information content (AvgIpc) is 3.54. The van der Waals surface area contributed by atoms with Crippen LogP contribution in [0.3, 0.4) is 0 Å². The summed E-state index contributed by atoms with van der Waals surface area (Å²) in [4.78, 5) is 28.1. The molecule has 1 aliphatic heterocycles. The number of carbonyl (C=O) groups excluding carboxylic acids is 2. The van der Waals surface area contributed by atoms with Crippen molar-refractivity contribution in [3.63, 3.8) is 0 Å². The van der Waals surface area contributed by atoms with Gasteiger partial charge in [0, 0.05) is 31.2 Å². The summed E-state index contributed by atoms with van der Waals surface area (Å²) in [7, 11) is 0. The molecule has 3 heterocycles. The summed E-state index contributed by atoms with van der Waals surface area (Å²) in [5.74, 6) is -1.18. The van der Waals surface area contributed by atoms with Crippen LogP contribution < -0.4 is 5.32 Å². The number of nitrogens with zero attached hydrogens (tertiary/aromatic N) is 4. The van der Waals surface area contributed by atoms with Crippen LogP contribution in [0.25, 0.3) is 11.5 Å². The van der Waals surface area contributed by atoms with E-state index < -0.39 is 11.7 Å². The van der Waals surface area contributed by atoms with Crippen molar-refractivity contribution in [1.29, 1.82) is 0 Å². The van der Waals surface area contributed by atoms with Gasteiger partial charge in [-0.1, -0.05) is 6.07 Å². The third kappa shape index (κ3) is 4.70. The summed E-state index contributed by atoms with van der Waals surface area (Å²) in [6.45, 7) is 0.752. The van der Waals surface area contributed by atoms with E-state index in [9.17, 15) is 18.4 Å². The predicted molar refractivity (Wildman–Crippen MR) is 127 cm³/mol. The van der Waals surface area contributed by atoms with E-state index in [0.717, 1.165) is 0 Å². The van der Waals surface area contributed by atoms with E-state index in [-0.39, 0.29) is 24.2 Å². The van der Waals surface area contributed by atoms with Gasteiger partial charge in [0.05, 0.1) is 17.8 Å². The van der Waals surface area contributed by atoms with Crippen LogP contribution in [0.1, 0.15) is 23.2 Å². The second kappa shape index (κ2) is 9.54. The number of anilines is 1. The van der Waals surface area contributed by atoms with E-state index in [2.05, 4.69) is 10.4 Å². The summed E-state index contributed by atoms with van der Waals surface area (Å²) in [5.41, 5.74) is 1.37. The maximum atomic E-state index is 13.6. The second-order valence-corrected chi connectivity index (χ2v) is 8.45. The van der Waals surface area contributed by atoms with Crippen LogP contribution in [0, 0.1) is 17.6 Å².